The van der Waals surface area contributed by atoms with Gasteiger partial charge in [-0.1, -0.05) is 30.3 Å². The number of aromatic nitrogens is 1. The van der Waals surface area contributed by atoms with Crippen LogP contribution >= 0.6 is 0 Å². The number of hydrogen-bond donors (Lipinski definition) is 2. The monoisotopic (exact) mass is 444 g/mol. The minimum absolute atomic E-state index is 0.0180. The second-order valence-electron chi connectivity index (χ2n) is 6.80. The van der Waals surface area contributed by atoms with E-state index in [1.165, 1.54) is 14.2 Å². The number of rotatable bonds is 9. The van der Waals surface area contributed by atoms with Crippen molar-refractivity contribution in [3.8, 4) is 22.6 Å². The van der Waals surface area contributed by atoms with Crippen molar-refractivity contribution in [2.75, 3.05) is 21.0 Å². The molecule has 0 saturated heterocycles. The van der Waals surface area contributed by atoms with Gasteiger partial charge in [-0.25, -0.2) is 13.6 Å². The van der Waals surface area contributed by atoms with Crippen LogP contribution in [0.4, 0.5) is 0 Å². The van der Waals surface area contributed by atoms with Crippen LogP contribution in [0.15, 0.2) is 60.9 Å². The number of nitrogens with zero attached hydrogens (tertiary/aromatic N) is 1. The molecule has 0 aliphatic heterocycles. The van der Waals surface area contributed by atoms with Gasteiger partial charge in [-0.3, -0.25) is 4.98 Å². The Hall–Kier alpha value is -2.98. The predicted octanol–water partition coefficient (Wildman–Crippen LogP) is 2.61. The highest BCUT2D eigenvalue weighted by Crippen LogP contribution is 2.43. The first-order chi connectivity index (χ1) is 14.8. The summed E-state index contributed by atoms with van der Waals surface area (Å²) < 4.78 is 39.6. The molecule has 0 amide bonds. The van der Waals surface area contributed by atoms with Gasteiger partial charge in [0.05, 0.1) is 18.4 Å². The van der Waals surface area contributed by atoms with E-state index >= 15 is 0 Å². The van der Waals surface area contributed by atoms with E-state index in [9.17, 15) is 13.5 Å². The summed E-state index contributed by atoms with van der Waals surface area (Å²) >= 11 is 0. The minimum atomic E-state index is -3.75. The lowest BCUT2D eigenvalue weighted by atomic mass is 9.91. The molecule has 31 heavy (non-hydrogen) atoms. The van der Waals surface area contributed by atoms with Crippen LogP contribution in [0.5, 0.6) is 11.5 Å². The van der Waals surface area contributed by atoms with Gasteiger partial charge in [0.1, 0.15) is 17.6 Å². The van der Waals surface area contributed by atoms with Crippen LogP contribution in [-0.4, -0.2) is 39.5 Å². The van der Waals surface area contributed by atoms with Crippen molar-refractivity contribution in [1.82, 2.24) is 4.98 Å². The molecule has 2 aromatic carbocycles. The minimum Gasteiger partial charge on any atom is -0.496 e. The molecule has 3 rings (SSSR count). The highest BCUT2D eigenvalue weighted by molar-refractivity contribution is 7.88. The molecule has 164 valence electrons. The standard InChI is InChI=1S/C22H24N2O6S/c1-28-14-30-20-7-3-6-19(29-2)21(20)17-9-8-15(13-31(23,26)27)11-18(17)22(25)16-5-4-10-24-12-16/h3-12,22,25H,13-14H2,1-2H3,(H2,23,26,27). The first kappa shape index (κ1) is 22.7. The fourth-order valence-electron chi connectivity index (χ4n) is 3.29. The number of sulfonamides is 1. The zero-order valence-electron chi connectivity index (χ0n) is 17.2. The fourth-order valence-corrected chi connectivity index (χ4v) is 3.94. The summed E-state index contributed by atoms with van der Waals surface area (Å²) in [6.45, 7) is 0.0180. The molecule has 0 saturated carbocycles. The highest BCUT2D eigenvalue weighted by Gasteiger charge is 2.22. The van der Waals surface area contributed by atoms with Crippen LogP contribution in [0.2, 0.25) is 0 Å². The van der Waals surface area contributed by atoms with Gasteiger partial charge in [0.2, 0.25) is 10.0 Å². The quantitative estimate of drug-likeness (QED) is 0.487. The van der Waals surface area contributed by atoms with E-state index in [4.69, 9.17) is 19.3 Å². The molecule has 8 nitrogen and oxygen atoms in total. The maximum absolute atomic E-state index is 11.6. The average molecular weight is 445 g/mol. The second kappa shape index (κ2) is 9.88. The van der Waals surface area contributed by atoms with Crippen molar-refractivity contribution in [2.24, 2.45) is 5.14 Å². The van der Waals surface area contributed by atoms with Crippen LogP contribution in [0.25, 0.3) is 11.1 Å². The van der Waals surface area contributed by atoms with Crippen LogP contribution in [0, 0.1) is 0 Å². The maximum Gasteiger partial charge on any atom is 0.213 e. The largest absolute Gasteiger partial charge is 0.496 e. The number of benzene rings is 2. The van der Waals surface area contributed by atoms with Crippen molar-refractivity contribution in [1.29, 1.82) is 0 Å². The zero-order chi connectivity index (χ0) is 22.4. The molecule has 0 bridgehead atoms. The van der Waals surface area contributed by atoms with Gasteiger partial charge in [0.25, 0.3) is 0 Å². The van der Waals surface area contributed by atoms with Gasteiger partial charge >= 0.3 is 0 Å². The van der Waals surface area contributed by atoms with Crippen LogP contribution in [0.1, 0.15) is 22.8 Å². The number of nitrogens with two attached hydrogens (primary N) is 1. The molecule has 1 aromatic heterocycles. The summed E-state index contributed by atoms with van der Waals surface area (Å²) in [7, 11) is -0.708. The van der Waals surface area contributed by atoms with E-state index in [1.807, 2.05) is 0 Å². The molecule has 0 radical (unpaired) electrons. The second-order valence-corrected chi connectivity index (χ2v) is 8.42. The average Bonchev–Trinajstić information content (AvgIpc) is 2.76. The fraction of sp³-hybridized carbons (Fsp3) is 0.227. The smallest absolute Gasteiger partial charge is 0.213 e. The predicted molar refractivity (Wildman–Crippen MR) is 116 cm³/mol. The molecule has 1 heterocycles. The van der Waals surface area contributed by atoms with E-state index in [0.717, 1.165) is 0 Å². The summed E-state index contributed by atoms with van der Waals surface area (Å²) in [6, 6.07) is 13.7. The maximum atomic E-state index is 11.6. The van der Waals surface area contributed by atoms with Crippen LogP contribution in [-0.2, 0) is 20.5 Å². The summed E-state index contributed by atoms with van der Waals surface area (Å²) in [5.41, 5.74) is 2.66. The van der Waals surface area contributed by atoms with Crippen molar-refractivity contribution in [3.63, 3.8) is 0 Å². The Bertz CT molecular complexity index is 1140. The number of aliphatic hydroxyl groups is 1. The molecular formula is C22H24N2O6S. The molecule has 1 unspecified atom stereocenters. The Morgan fingerprint density at radius 1 is 1.10 bits per heavy atom. The van der Waals surface area contributed by atoms with Crippen molar-refractivity contribution < 1.29 is 27.7 Å². The third-order valence-corrected chi connectivity index (χ3v) is 5.32. The third kappa shape index (κ3) is 5.59. The molecule has 0 aliphatic carbocycles. The van der Waals surface area contributed by atoms with Gasteiger partial charge in [0, 0.05) is 25.1 Å². The van der Waals surface area contributed by atoms with Gasteiger partial charge in [-0.2, -0.15) is 0 Å². The lowest BCUT2D eigenvalue weighted by Crippen LogP contribution is -2.15. The number of aliphatic hydroxyl groups excluding tert-OH is 1. The van der Waals surface area contributed by atoms with Crippen LogP contribution < -0.4 is 14.6 Å². The van der Waals surface area contributed by atoms with Crippen molar-refractivity contribution >= 4 is 10.0 Å². The summed E-state index contributed by atoms with van der Waals surface area (Å²) in [4.78, 5) is 4.07. The third-order valence-electron chi connectivity index (χ3n) is 4.59. The molecule has 0 spiro atoms. The topological polar surface area (TPSA) is 121 Å². The van der Waals surface area contributed by atoms with Crippen molar-refractivity contribution in [3.05, 3.63) is 77.6 Å². The highest BCUT2D eigenvalue weighted by atomic mass is 32.2. The number of ether oxygens (including phenoxy) is 3. The lowest BCUT2D eigenvalue weighted by Gasteiger charge is -2.21. The molecule has 9 heteroatoms. The van der Waals surface area contributed by atoms with Gasteiger partial charge in [0.15, 0.2) is 6.79 Å². The van der Waals surface area contributed by atoms with Crippen molar-refractivity contribution in [2.45, 2.75) is 11.9 Å². The SMILES string of the molecule is COCOc1cccc(OC)c1-c1ccc(CS(N)(=O)=O)cc1C(O)c1cccnc1. The molecular weight excluding hydrogens is 420 g/mol. The van der Waals surface area contributed by atoms with E-state index in [0.29, 0.717) is 39.3 Å². The van der Waals surface area contributed by atoms with E-state index in [2.05, 4.69) is 4.98 Å². The van der Waals surface area contributed by atoms with Crippen LogP contribution in [0.3, 0.4) is 0 Å². The number of primary sulfonamides is 1. The normalized spacial score (nSPS) is 12.4. The molecule has 3 N–H and O–H groups in total. The molecule has 1 atom stereocenters. The van der Waals surface area contributed by atoms with E-state index in [-0.39, 0.29) is 12.5 Å². The van der Waals surface area contributed by atoms with E-state index in [1.54, 1.807) is 60.9 Å². The summed E-state index contributed by atoms with van der Waals surface area (Å²) in [5.74, 6) is 0.645. The Morgan fingerprint density at radius 3 is 2.52 bits per heavy atom. The number of methoxy groups -OCH3 is 2. The lowest BCUT2D eigenvalue weighted by molar-refractivity contribution is 0.0514. The first-order valence-corrected chi connectivity index (χ1v) is 11.1. The number of hydrogen-bond acceptors (Lipinski definition) is 7. The number of pyridine rings is 1. The van der Waals surface area contributed by atoms with Gasteiger partial charge in [-0.05, 0) is 34.9 Å². The Labute approximate surface area is 181 Å². The van der Waals surface area contributed by atoms with Gasteiger partial charge < -0.3 is 19.3 Å². The summed E-state index contributed by atoms with van der Waals surface area (Å²) in [5, 5.41) is 16.4. The molecule has 0 fully saturated rings. The summed E-state index contributed by atoms with van der Waals surface area (Å²) in [6.07, 6.45) is 2.07. The van der Waals surface area contributed by atoms with E-state index < -0.39 is 16.1 Å². The molecule has 3 aromatic rings. The Kier molecular flexibility index (Phi) is 7.24. The van der Waals surface area contributed by atoms with Gasteiger partial charge in [-0.15, -0.1) is 0 Å². The first-order valence-electron chi connectivity index (χ1n) is 9.34. The Morgan fingerprint density at radius 2 is 1.87 bits per heavy atom. The molecule has 0 aliphatic rings. The zero-order valence-corrected chi connectivity index (χ0v) is 18.0. The Balaban J connectivity index is 2.23.